The number of halogens is 1. The zero-order valence-electron chi connectivity index (χ0n) is 23.1. The smallest absolute Gasteiger partial charge is 0.268 e. The number of benzene rings is 3. The standard InChI is InChI=1S/C33H30FN3O4/c1-21(2)37-28(19-38)30(24-12-14-26(34)15-13-24)31(23-9-5-4-6-10-23)32(37)33(39)35-18-27-17-29(41-36-27)25-11-7-8-22(16-25)20-40-3/h4-17,19,21H,18,20H2,1-3H3,(H,35,39). The minimum absolute atomic E-state index is 0.111. The van der Waals surface area contributed by atoms with Crippen molar-refractivity contribution in [1.82, 2.24) is 15.0 Å². The Hall–Kier alpha value is -4.82. The van der Waals surface area contributed by atoms with E-state index in [1.165, 1.54) is 12.1 Å². The molecule has 0 radical (unpaired) electrons. The van der Waals surface area contributed by atoms with Crippen molar-refractivity contribution in [1.29, 1.82) is 0 Å². The molecule has 2 heterocycles. The molecule has 0 saturated carbocycles. The second kappa shape index (κ2) is 12.1. The highest BCUT2D eigenvalue weighted by Crippen LogP contribution is 2.41. The fraction of sp³-hybridized carbons (Fsp3) is 0.182. The van der Waals surface area contributed by atoms with Crippen LogP contribution in [0.5, 0.6) is 0 Å². The lowest BCUT2D eigenvalue weighted by Gasteiger charge is -2.16. The van der Waals surface area contributed by atoms with Gasteiger partial charge in [0.1, 0.15) is 17.2 Å². The summed E-state index contributed by atoms with van der Waals surface area (Å²) in [6, 6.07) is 24.7. The van der Waals surface area contributed by atoms with E-state index in [-0.39, 0.29) is 24.3 Å². The number of carbonyl (C=O) groups excluding carboxylic acids is 2. The van der Waals surface area contributed by atoms with Crippen LogP contribution in [0, 0.1) is 5.82 Å². The summed E-state index contributed by atoms with van der Waals surface area (Å²) in [5.74, 6) is -0.188. The Morgan fingerprint density at radius 2 is 1.68 bits per heavy atom. The largest absolute Gasteiger partial charge is 0.380 e. The lowest BCUT2D eigenvalue weighted by molar-refractivity contribution is 0.0939. The van der Waals surface area contributed by atoms with Crippen molar-refractivity contribution in [2.24, 2.45) is 0 Å². The molecular weight excluding hydrogens is 521 g/mol. The molecule has 0 bridgehead atoms. The van der Waals surface area contributed by atoms with Crippen LogP contribution in [-0.2, 0) is 17.9 Å². The van der Waals surface area contributed by atoms with E-state index in [0.29, 0.717) is 46.1 Å². The second-order valence-electron chi connectivity index (χ2n) is 9.94. The van der Waals surface area contributed by atoms with E-state index in [1.807, 2.05) is 68.4 Å². The lowest BCUT2D eigenvalue weighted by Crippen LogP contribution is -2.27. The number of ether oxygens (including phenoxy) is 1. The summed E-state index contributed by atoms with van der Waals surface area (Å²) < 4.78 is 26.3. The first-order valence-electron chi connectivity index (χ1n) is 13.3. The predicted molar refractivity (Wildman–Crippen MR) is 155 cm³/mol. The average Bonchev–Trinajstić information content (AvgIpc) is 3.60. The molecule has 0 fully saturated rings. The lowest BCUT2D eigenvalue weighted by atomic mass is 9.94. The van der Waals surface area contributed by atoms with E-state index < -0.39 is 0 Å². The van der Waals surface area contributed by atoms with Gasteiger partial charge in [0.25, 0.3) is 5.91 Å². The van der Waals surface area contributed by atoms with Crippen LogP contribution in [0.2, 0.25) is 0 Å². The Bertz CT molecular complexity index is 1670. The monoisotopic (exact) mass is 551 g/mol. The van der Waals surface area contributed by atoms with Gasteiger partial charge in [0.05, 0.1) is 18.8 Å². The molecule has 0 aliphatic rings. The minimum atomic E-state index is -0.388. The van der Waals surface area contributed by atoms with Crippen LogP contribution in [0.3, 0.4) is 0 Å². The van der Waals surface area contributed by atoms with Gasteiger partial charge in [0.15, 0.2) is 12.0 Å². The molecule has 41 heavy (non-hydrogen) atoms. The molecule has 0 aliphatic carbocycles. The quantitative estimate of drug-likeness (QED) is 0.187. The molecule has 1 N–H and O–H groups in total. The highest BCUT2D eigenvalue weighted by molar-refractivity contribution is 6.08. The molecular formula is C33H30FN3O4. The molecule has 3 aromatic carbocycles. The van der Waals surface area contributed by atoms with Gasteiger partial charge in [-0.05, 0) is 48.7 Å². The van der Waals surface area contributed by atoms with Gasteiger partial charge in [-0.15, -0.1) is 0 Å². The van der Waals surface area contributed by atoms with Gasteiger partial charge < -0.3 is 19.1 Å². The van der Waals surface area contributed by atoms with Crippen molar-refractivity contribution in [3.63, 3.8) is 0 Å². The van der Waals surface area contributed by atoms with Gasteiger partial charge in [-0.1, -0.05) is 65.8 Å². The van der Waals surface area contributed by atoms with Gasteiger partial charge in [0, 0.05) is 35.9 Å². The van der Waals surface area contributed by atoms with Crippen molar-refractivity contribution in [2.75, 3.05) is 7.11 Å². The molecule has 5 rings (SSSR count). The molecule has 0 aliphatic heterocycles. The number of amides is 1. The van der Waals surface area contributed by atoms with Crippen LogP contribution in [0.4, 0.5) is 4.39 Å². The molecule has 0 atom stereocenters. The summed E-state index contributed by atoms with van der Waals surface area (Å²) in [6.45, 7) is 4.41. The number of hydrogen-bond acceptors (Lipinski definition) is 5. The number of carbonyl (C=O) groups is 2. The minimum Gasteiger partial charge on any atom is -0.380 e. The van der Waals surface area contributed by atoms with Crippen molar-refractivity contribution < 1.29 is 23.2 Å². The van der Waals surface area contributed by atoms with Crippen molar-refractivity contribution >= 4 is 12.2 Å². The number of nitrogens with one attached hydrogen (secondary N) is 1. The predicted octanol–water partition coefficient (Wildman–Crippen LogP) is 7.09. The summed E-state index contributed by atoms with van der Waals surface area (Å²) in [5, 5.41) is 7.11. The van der Waals surface area contributed by atoms with Crippen LogP contribution < -0.4 is 5.32 Å². The maximum absolute atomic E-state index is 13.9. The number of methoxy groups -OCH3 is 1. The summed E-state index contributed by atoms with van der Waals surface area (Å²) in [6.07, 6.45) is 0.753. The Labute approximate surface area is 237 Å². The number of hydrogen-bond donors (Lipinski definition) is 1. The van der Waals surface area contributed by atoms with E-state index in [2.05, 4.69) is 10.5 Å². The number of aromatic nitrogens is 2. The molecule has 8 heteroatoms. The van der Waals surface area contributed by atoms with Crippen LogP contribution in [0.15, 0.2) is 89.5 Å². The van der Waals surface area contributed by atoms with Gasteiger partial charge in [-0.3, -0.25) is 9.59 Å². The van der Waals surface area contributed by atoms with E-state index in [0.717, 1.165) is 23.0 Å². The highest BCUT2D eigenvalue weighted by atomic mass is 19.1. The van der Waals surface area contributed by atoms with E-state index in [9.17, 15) is 14.0 Å². The number of aldehydes is 1. The van der Waals surface area contributed by atoms with Gasteiger partial charge in [0.2, 0.25) is 0 Å². The summed E-state index contributed by atoms with van der Waals surface area (Å²) in [4.78, 5) is 26.5. The Morgan fingerprint density at radius 1 is 0.976 bits per heavy atom. The summed E-state index contributed by atoms with van der Waals surface area (Å²) in [7, 11) is 1.64. The zero-order valence-corrected chi connectivity index (χ0v) is 23.1. The maximum atomic E-state index is 13.9. The number of rotatable bonds is 10. The summed E-state index contributed by atoms with van der Waals surface area (Å²) >= 11 is 0. The van der Waals surface area contributed by atoms with E-state index in [1.54, 1.807) is 29.9 Å². The Kier molecular flexibility index (Phi) is 8.21. The highest BCUT2D eigenvalue weighted by Gasteiger charge is 2.30. The first-order valence-corrected chi connectivity index (χ1v) is 13.3. The SMILES string of the molecule is COCc1cccc(-c2cc(CNC(=O)c3c(-c4ccccc4)c(-c4ccc(F)cc4)c(C=O)n3C(C)C)no2)c1. The third-order valence-electron chi connectivity index (χ3n) is 6.79. The topological polar surface area (TPSA) is 86.4 Å². The first-order chi connectivity index (χ1) is 19.9. The van der Waals surface area contributed by atoms with Crippen LogP contribution >= 0.6 is 0 Å². The third kappa shape index (κ3) is 5.73. The molecule has 7 nitrogen and oxygen atoms in total. The molecule has 1 amide bonds. The Morgan fingerprint density at radius 3 is 2.37 bits per heavy atom. The molecule has 0 saturated heterocycles. The number of nitrogens with zero attached hydrogens (tertiary/aromatic N) is 2. The van der Waals surface area contributed by atoms with Crippen LogP contribution in [-0.4, -0.2) is 29.0 Å². The molecule has 0 spiro atoms. The Balaban J connectivity index is 1.53. The van der Waals surface area contributed by atoms with Crippen molar-refractivity contribution in [3.8, 4) is 33.6 Å². The normalized spacial score (nSPS) is 11.1. The maximum Gasteiger partial charge on any atom is 0.268 e. The van der Waals surface area contributed by atoms with Gasteiger partial charge in [-0.2, -0.15) is 0 Å². The molecule has 208 valence electrons. The molecule has 2 aromatic heterocycles. The first kappa shape index (κ1) is 27.7. The van der Waals surface area contributed by atoms with Gasteiger partial charge in [-0.25, -0.2) is 4.39 Å². The van der Waals surface area contributed by atoms with Crippen LogP contribution in [0.25, 0.3) is 33.6 Å². The van der Waals surface area contributed by atoms with Crippen molar-refractivity contribution in [3.05, 3.63) is 113 Å². The van der Waals surface area contributed by atoms with Crippen molar-refractivity contribution in [2.45, 2.75) is 33.0 Å². The van der Waals surface area contributed by atoms with Crippen LogP contribution in [0.1, 0.15) is 52.1 Å². The van der Waals surface area contributed by atoms with E-state index in [4.69, 9.17) is 9.26 Å². The van der Waals surface area contributed by atoms with E-state index >= 15 is 0 Å². The summed E-state index contributed by atoms with van der Waals surface area (Å²) in [5.41, 5.74) is 5.65. The zero-order chi connectivity index (χ0) is 28.9. The fourth-order valence-corrected chi connectivity index (χ4v) is 5.04. The molecule has 0 unspecified atom stereocenters. The fourth-order valence-electron chi connectivity index (χ4n) is 5.04. The van der Waals surface area contributed by atoms with Gasteiger partial charge >= 0.3 is 0 Å². The molecule has 5 aromatic rings. The third-order valence-corrected chi connectivity index (χ3v) is 6.79. The second-order valence-corrected chi connectivity index (χ2v) is 9.94. The average molecular weight is 552 g/mol.